The van der Waals surface area contributed by atoms with Gasteiger partial charge in [0.05, 0.1) is 16.5 Å². The Bertz CT molecular complexity index is 804. The highest BCUT2D eigenvalue weighted by molar-refractivity contribution is 7.09. The summed E-state index contributed by atoms with van der Waals surface area (Å²) in [5, 5.41) is 10.2. The van der Waals surface area contributed by atoms with Crippen molar-refractivity contribution in [3.8, 4) is 0 Å². The maximum atomic E-state index is 7.00. The highest BCUT2D eigenvalue weighted by atomic mass is 32.1. The Labute approximate surface area is 214 Å². The number of aryl methyl sites for hydroxylation is 1. The third-order valence-electron chi connectivity index (χ3n) is 7.49. The lowest BCUT2D eigenvalue weighted by Crippen LogP contribution is -2.24. The average Bonchev–Trinajstić information content (AvgIpc) is 3.19. The molecule has 1 aromatic heterocycles. The Morgan fingerprint density at radius 2 is 1.85 bits per heavy atom. The summed E-state index contributed by atoms with van der Waals surface area (Å²) in [6.07, 6.45) is 12.5. The highest BCUT2D eigenvalue weighted by Crippen LogP contribution is 2.38. The zero-order valence-corrected chi connectivity index (χ0v) is 24.2. The first-order valence-electron chi connectivity index (χ1n) is 13.0. The van der Waals surface area contributed by atoms with E-state index in [1.807, 2.05) is 0 Å². The molecule has 4 atom stereocenters. The third kappa shape index (κ3) is 10.9. The fourth-order valence-electron chi connectivity index (χ4n) is 4.93. The molecule has 0 spiro atoms. The molecule has 1 aromatic rings. The lowest BCUT2D eigenvalue weighted by molar-refractivity contribution is 0.126. The van der Waals surface area contributed by atoms with Crippen LogP contribution in [0.1, 0.15) is 104 Å². The molecule has 1 aliphatic heterocycles. The van der Waals surface area contributed by atoms with E-state index in [0.29, 0.717) is 5.41 Å². The average molecular weight is 490 g/mol. The van der Waals surface area contributed by atoms with Crippen molar-refractivity contribution in [2.75, 3.05) is 7.11 Å². The van der Waals surface area contributed by atoms with Crippen LogP contribution in [0.5, 0.6) is 0 Å². The molecule has 34 heavy (non-hydrogen) atoms. The van der Waals surface area contributed by atoms with Crippen molar-refractivity contribution in [1.82, 2.24) is 4.98 Å². The molecule has 0 bridgehead atoms. The number of hydrogen-bond donors (Lipinski definition) is 1. The van der Waals surface area contributed by atoms with Crippen LogP contribution in [0.4, 0.5) is 0 Å². The molecule has 1 N–H and O–H groups in total. The van der Waals surface area contributed by atoms with E-state index >= 15 is 0 Å². The van der Waals surface area contributed by atoms with Crippen molar-refractivity contribution in [1.29, 1.82) is 0 Å². The van der Waals surface area contributed by atoms with Gasteiger partial charge >= 0.3 is 0 Å². The minimum Gasteiger partial charge on any atom is -0.491 e. The minimum absolute atomic E-state index is 0.0216. The second-order valence-electron chi connectivity index (χ2n) is 11.2. The van der Waals surface area contributed by atoms with Crippen molar-refractivity contribution in [3.63, 3.8) is 0 Å². The number of aliphatic hydroxyl groups excluding tert-OH is 1. The standard InChI is InChI=1S/C29H47NOS.CH4O/c1-20-11-10-12-21(2)25(6)23(4)18-29(8,9)16-15-24(5)31-28(14-13-20)22(3)17-27-19-32-26(7)30-27;1-2/h13,17,19,21,23,25,28H,5,10-12,14-16,18H2,1-4,6-9H3;2H,1H3/b20-13-,22-17+;. The molecule has 3 nitrogen and oxygen atoms in total. The van der Waals surface area contributed by atoms with E-state index < -0.39 is 0 Å². The molecule has 2 heterocycles. The van der Waals surface area contributed by atoms with E-state index in [1.54, 1.807) is 11.3 Å². The predicted molar refractivity (Wildman–Crippen MR) is 150 cm³/mol. The van der Waals surface area contributed by atoms with Gasteiger partial charge < -0.3 is 9.84 Å². The molecule has 0 saturated heterocycles. The van der Waals surface area contributed by atoms with Gasteiger partial charge in [0.1, 0.15) is 6.10 Å². The maximum Gasteiger partial charge on any atom is 0.123 e. The van der Waals surface area contributed by atoms with Crippen molar-refractivity contribution in [2.24, 2.45) is 23.2 Å². The second-order valence-corrected chi connectivity index (χ2v) is 12.2. The number of thiazole rings is 1. The smallest absolute Gasteiger partial charge is 0.123 e. The SMILES string of the molecule is C=C1CCC(C)(C)CC(C)C(C)C(C)CCC/C(C)=C\CC(/C(C)=C/c2csc(C)n2)O1.CO. The molecule has 194 valence electrons. The normalized spacial score (nSPS) is 29.3. The summed E-state index contributed by atoms with van der Waals surface area (Å²) in [7, 11) is 1.00. The maximum absolute atomic E-state index is 7.00. The molecule has 4 heteroatoms. The Hall–Kier alpha value is -1.39. The van der Waals surface area contributed by atoms with Crippen LogP contribution >= 0.6 is 11.3 Å². The molecule has 0 fully saturated rings. The van der Waals surface area contributed by atoms with Gasteiger partial charge in [-0.25, -0.2) is 4.98 Å². The van der Waals surface area contributed by atoms with E-state index in [0.717, 1.165) is 60.6 Å². The van der Waals surface area contributed by atoms with Crippen LogP contribution < -0.4 is 0 Å². The minimum atomic E-state index is 0.0216. The topological polar surface area (TPSA) is 42.4 Å². The van der Waals surface area contributed by atoms with Gasteiger partial charge in [-0.2, -0.15) is 0 Å². The summed E-state index contributed by atoms with van der Waals surface area (Å²) in [6, 6.07) is 0. The molecule has 0 amide bonds. The number of nitrogens with zero attached hydrogens (tertiary/aromatic N) is 1. The molecular weight excluding hydrogens is 438 g/mol. The van der Waals surface area contributed by atoms with E-state index in [2.05, 4.69) is 84.5 Å². The number of hydrogen-bond acceptors (Lipinski definition) is 4. The predicted octanol–water partition coefficient (Wildman–Crippen LogP) is 8.99. The molecule has 0 aromatic carbocycles. The number of allylic oxidation sites excluding steroid dienone is 2. The fourth-order valence-corrected chi connectivity index (χ4v) is 5.50. The van der Waals surface area contributed by atoms with Gasteiger partial charge in [-0.05, 0) is 81.3 Å². The van der Waals surface area contributed by atoms with Crippen LogP contribution in [0, 0.1) is 30.1 Å². The van der Waals surface area contributed by atoms with Crippen molar-refractivity contribution >= 4 is 17.4 Å². The van der Waals surface area contributed by atoms with Gasteiger partial charge in [0.2, 0.25) is 0 Å². The Morgan fingerprint density at radius 1 is 1.18 bits per heavy atom. The Morgan fingerprint density at radius 3 is 2.47 bits per heavy atom. The quantitative estimate of drug-likeness (QED) is 0.421. The first-order valence-corrected chi connectivity index (χ1v) is 13.9. The van der Waals surface area contributed by atoms with Crippen LogP contribution in [0.3, 0.4) is 0 Å². The monoisotopic (exact) mass is 489 g/mol. The Balaban J connectivity index is 0.00000281. The van der Waals surface area contributed by atoms with Crippen molar-refractivity contribution in [2.45, 2.75) is 106 Å². The lowest BCUT2D eigenvalue weighted by Gasteiger charge is -2.34. The van der Waals surface area contributed by atoms with Crippen LogP contribution in [-0.2, 0) is 4.74 Å². The first-order chi connectivity index (χ1) is 16.0. The molecule has 0 aliphatic carbocycles. The molecule has 2 rings (SSSR count). The van der Waals surface area contributed by atoms with Crippen LogP contribution in [0.15, 0.2) is 34.9 Å². The second kappa shape index (κ2) is 14.9. The van der Waals surface area contributed by atoms with Gasteiger partial charge in [0.15, 0.2) is 0 Å². The van der Waals surface area contributed by atoms with Crippen LogP contribution in [-0.4, -0.2) is 23.3 Å². The number of ether oxygens (including phenoxy) is 1. The molecule has 4 unspecified atom stereocenters. The van der Waals surface area contributed by atoms with E-state index in [1.165, 1.54) is 36.8 Å². The summed E-state index contributed by atoms with van der Waals surface area (Å²) in [4.78, 5) is 4.61. The number of aromatic nitrogens is 1. The van der Waals surface area contributed by atoms with E-state index in [4.69, 9.17) is 9.84 Å². The largest absolute Gasteiger partial charge is 0.491 e. The summed E-state index contributed by atoms with van der Waals surface area (Å²) in [5.74, 6) is 3.19. The lowest BCUT2D eigenvalue weighted by atomic mass is 9.72. The summed E-state index contributed by atoms with van der Waals surface area (Å²) >= 11 is 1.69. The zero-order valence-electron chi connectivity index (χ0n) is 23.4. The summed E-state index contributed by atoms with van der Waals surface area (Å²) in [6.45, 7) is 23.0. The van der Waals surface area contributed by atoms with Crippen molar-refractivity contribution < 1.29 is 9.84 Å². The van der Waals surface area contributed by atoms with Gasteiger partial charge in [-0.1, -0.05) is 59.3 Å². The fraction of sp³-hybridized carbons (Fsp3) is 0.700. The Kier molecular flexibility index (Phi) is 13.4. The van der Waals surface area contributed by atoms with Crippen LogP contribution in [0.2, 0.25) is 0 Å². The molecule has 0 radical (unpaired) electrons. The number of rotatable bonds is 2. The molecule has 1 aliphatic rings. The van der Waals surface area contributed by atoms with Crippen molar-refractivity contribution in [3.05, 3.63) is 45.6 Å². The van der Waals surface area contributed by atoms with Gasteiger partial charge in [-0.3, -0.25) is 0 Å². The van der Waals surface area contributed by atoms with E-state index in [9.17, 15) is 0 Å². The summed E-state index contributed by atoms with van der Waals surface area (Å²) in [5.41, 5.74) is 4.02. The van der Waals surface area contributed by atoms with Gasteiger partial charge in [0.25, 0.3) is 0 Å². The van der Waals surface area contributed by atoms with Crippen LogP contribution in [0.25, 0.3) is 6.08 Å². The molecule has 0 saturated carbocycles. The zero-order chi connectivity index (χ0) is 25.9. The third-order valence-corrected chi connectivity index (χ3v) is 8.28. The first kappa shape index (κ1) is 30.6. The highest BCUT2D eigenvalue weighted by Gasteiger charge is 2.27. The van der Waals surface area contributed by atoms with E-state index in [-0.39, 0.29) is 6.10 Å². The summed E-state index contributed by atoms with van der Waals surface area (Å²) < 4.78 is 6.47. The van der Waals surface area contributed by atoms with Gasteiger partial charge in [0, 0.05) is 25.3 Å². The number of aliphatic hydroxyl groups is 1. The molecular formula is C30H51NO2S. The van der Waals surface area contributed by atoms with Gasteiger partial charge in [-0.15, -0.1) is 11.3 Å².